The second kappa shape index (κ2) is 7.57. The molecular formula is C30H48O5. The molecule has 0 heterocycles. The summed E-state index contributed by atoms with van der Waals surface area (Å²) in [5, 5.41) is 43.5. The van der Waals surface area contributed by atoms with Crippen LogP contribution in [0.4, 0.5) is 0 Å². The first-order valence-corrected chi connectivity index (χ1v) is 14.0. The highest BCUT2D eigenvalue weighted by atomic mass is 16.4. The van der Waals surface area contributed by atoms with E-state index in [0.29, 0.717) is 25.2 Å². The molecule has 0 unspecified atom stereocenters. The van der Waals surface area contributed by atoms with Crippen LogP contribution in [-0.4, -0.2) is 45.2 Å². The van der Waals surface area contributed by atoms with Gasteiger partial charge in [0.2, 0.25) is 0 Å². The molecule has 198 valence electrons. The Hall–Kier alpha value is -0.910. The third kappa shape index (κ3) is 3.01. The number of carboxylic acids is 1. The lowest BCUT2D eigenvalue weighted by Crippen LogP contribution is -2.68. The summed E-state index contributed by atoms with van der Waals surface area (Å²) in [6.07, 6.45) is 8.30. The number of hydrogen-bond donors (Lipinski definition) is 4. The molecule has 4 fully saturated rings. The van der Waals surface area contributed by atoms with Gasteiger partial charge in [0, 0.05) is 5.41 Å². The van der Waals surface area contributed by atoms with Gasteiger partial charge < -0.3 is 20.4 Å². The molecule has 5 nitrogen and oxygen atoms in total. The molecule has 5 aliphatic rings. The van der Waals surface area contributed by atoms with Gasteiger partial charge in [-0.1, -0.05) is 53.2 Å². The Morgan fingerprint density at radius 1 is 0.914 bits per heavy atom. The maximum atomic E-state index is 12.8. The van der Waals surface area contributed by atoms with Gasteiger partial charge >= 0.3 is 5.97 Å². The Morgan fingerprint density at radius 2 is 1.60 bits per heavy atom. The van der Waals surface area contributed by atoms with Crippen LogP contribution in [0.25, 0.3) is 0 Å². The Balaban J connectivity index is 1.63. The third-order valence-corrected chi connectivity index (χ3v) is 13.2. The second-order valence-corrected chi connectivity index (χ2v) is 15.0. The summed E-state index contributed by atoms with van der Waals surface area (Å²) in [6.45, 7) is 13.7. The Labute approximate surface area is 211 Å². The van der Waals surface area contributed by atoms with E-state index >= 15 is 0 Å². The molecule has 5 aliphatic carbocycles. The van der Waals surface area contributed by atoms with Crippen LogP contribution in [0, 0.1) is 50.2 Å². The van der Waals surface area contributed by atoms with Crippen LogP contribution in [0.1, 0.15) is 99.3 Å². The van der Waals surface area contributed by atoms with Crippen LogP contribution in [-0.2, 0) is 4.79 Å². The summed E-state index contributed by atoms with van der Waals surface area (Å²) in [4.78, 5) is 12.8. The maximum absolute atomic E-state index is 12.8. The van der Waals surface area contributed by atoms with Crippen LogP contribution >= 0.6 is 0 Å². The second-order valence-electron chi connectivity index (χ2n) is 15.0. The zero-order chi connectivity index (χ0) is 25.8. The number of carboxylic acid groups (broad SMARTS) is 1. The van der Waals surface area contributed by atoms with Crippen molar-refractivity contribution in [3.63, 3.8) is 0 Å². The Kier molecular flexibility index (Phi) is 5.56. The van der Waals surface area contributed by atoms with Crippen molar-refractivity contribution in [1.29, 1.82) is 0 Å². The number of aliphatic hydroxyl groups excluding tert-OH is 3. The molecule has 35 heavy (non-hydrogen) atoms. The number of carbonyl (C=O) groups is 1. The molecule has 0 aromatic heterocycles. The van der Waals surface area contributed by atoms with Crippen LogP contribution in [0.3, 0.4) is 0 Å². The van der Waals surface area contributed by atoms with E-state index in [-0.39, 0.29) is 40.1 Å². The SMILES string of the molecule is CC1(C)CC[C@]2(C(=O)O)[C@H](C1)C1=CC[C@H]3[C@]4(C)CC[C@@H](O)[C@](C)(CO)[C@H]4CC[C@]3(C)[C@@]1(C)C[C@@H]2O. The van der Waals surface area contributed by atoms with Crippen LogP contribution in [0.2, 0.25) is 0 Å². The zero-order valence-corrected chi connectivity index (χ0v) is 22.7. The minimum atomic E-state index is -1.07. The van der Waals surface area contributed by atoms with Crippen molar-refractivity contribution in [2.75, 3.05) is 6.61 Å². The number of hydrogen-bond acceptors (Lipinski definition) is 4. The van der Waals surface area contributed by atoms with Gasteiger partial charge in [0.15, 0.2) is 0 Å². The number of rotatable bonds is 2. The van der Waals surface area contributed by atoms with E-state index in [1.807, 2.05) is 0 Å². The lowest BCUT2D eigenvalue weighted by atomic mass is 9.33. The quantitative estimate of drug-likeness (QED) is 0.402. The predicted octanol–water partition coefficient (Wildman–Crippen LogP) is 5.18. The van der Waals surface area contributed by atoms with E-state index < -0.39 is 29.0 Å². The summed E-state index contributed by atoms with van der Waals surface area (Å²) in [5.74, 6) is -0.323. The topological polar surface area (TPSA) is 98.0 Å². The average Bonchev–Trinajstić information content (AvgIpc) is 2.76. The van der Waals surface area contributed by atoms with Gasteiger partial charge in [0.1, 0.15) is 5.41 Å². The van der Waals surface area contributed by atoms with E-state index in [0.717, 1.165) is 38.5 Å². The summed E-state index contributed by atoms with van der Waals surface area (Å²) >= 11 is 0. The van der Waals surface area contributed by atoms with Gasteiger partial charge in [-0.25, -0.2) is 0 Å². The lowest BCUT2D eigenvalue weighted by Gasteiger charge is -2.71. The van der Waals surface area contributed by atoms with Gasteiger partial charge in [0.05, 0.1) is 18.8 Å². The fourth-order valence-corrected chi connectivity index (χ4v) is 10.8. The van der Waals surface area contributed by atoms with Crippen molar-refractivity contribution in [2.45, 2.75) is 112 Å². The first kappa shape index (κ1) is 25.7. The van der Waals surface area contributed by atoms with Crippen molar-refractivity contribution < 1.29 is 25.2 Å². The highest BCUT2D eigenvalue weighted by Gasteiger charge is 2.71. The van der Waals surface area contributed by atoms with Crippen molar-refractivity contribution in [3.8, 4) is 0 Å². The lowest BCUT2D eigenvalue weighted by molar-refractivity contribution is -0.226. The minimum absolute atomic E-state index is 0.00707. The highest BCUT2D eigenvalue weighted by Crippen LogP contribution is 2.75. The molecule has 10 atom stereocenters. The van der Waals surface area contributed by atoms with E-state index in [1.165, 1.54) is 5.57 Å². The smallest absolute Gasteiger partial charge is 0.312 e. The monoisotopic (exact) mass is 488 g/mol. The van der Waals surface area contributed by atoms with Gasteiger partial charge in [-0.3, -0.25) is 4.79 Å². The normalized spacial score (nSPS) is 55.0. The molecule has 5 heteroatoms. The summed E-state index contributed by atoms with van der Waals surface area (Å²) in [7, 11) is 0. The molecule has 4 N–H and O–H groups in total. The molecular weight excluding hydrogens is 440 g/mol. The minimum Gasteiger partial charge on any atom is -0.481 e. The highest BCUT2D eigenvalue weighted by molar-refractivity contribution is 5.77. The molecule has 0 aliphatic heterocycles. The summed E-state index contributed by atoms with van der Waals surface area (Å²) < 4.78 is 0. The molecule has 0 saturated heterocycles. The molecule has 0 amide bonds. The average molecular weight is 489 g/mol. The van der Waals surface area contributed by atoms with Gasteiger partial charge in [0.25, 0.3) is 0 Å². The number of fused-ring (bicyclic) bond motifs is 7. The first-order valence-electron chi connectivity index (χ1n) is 14.0. The van der Waals surface area contributed by atoms with E-state index in [1.54, 1.807) is 0 Å². The number of allylic oxidation sites excluding steroid dienone is 2. The Morgan fingerprint density at radius 3 is 2.23 bits per heavy atom. The maximum Gasteiger partial charge on any atom is 0.312 e. The van der Waals surface area contributed by atoms with Crippen molar-refractivity contribution in [3.05, 3.63) is 11.6 Å². The number of aliphatic carboxylic acids is 1. The first-order chi connectivity index (χ1) is 16.1. The van der Waals surface area contributed by atoms with Gasteiger partial charge in [-0.05, 0) is 97.2 Å². The summed E-state index contributed by atoms with van der Waals surface area (Å²) in [6, 6.07) is 0. The largest absolute Gasteiger partial charge is 0.481 e. The molecule has 0 aromatic carbocycles. The van der Waals surface area contributed by atoms with Crippen LogP contribution < -0.4 is 0 Å². The van der Waals surface area contributed by atoms with Crippen molar-refractivity contribution in [2.24, 2.45) is 50.2 Å². The molecule has 4 saturated carbocycles. The molecule has 0 spiro atoms. The molecule has 5 rings (SSSR count). The predicted molar refractivity (Wildman–Crippen MR) is 135 cm³/mol. The van der Waals surface area contributed by atoms with Gasteiger partial charge in [-0.15, -0.1) is 0 Å². The van der Waals surface area contributed by atoms with Crippen LogP contribution in [0.15, 0.2) is 11.6 Å². The fourth-order valence-electron chi connectivity index (χ4n) is 10.8. The van der Waals surface area contributed by atoms with E-state index in [4.69, 9.17) is 0 Å². The van der Waals surface area contributed by atoms with Gasteiger partial charge in [-0.2, -0.15) is 0 Å². The van der Waals surface area contributed by atoms with Crippen LogP contribution in [0.5, 0.6) is 0 Å². The molecule has 0 aromatic rings. The summed E-state index contributed by atoms with van der Waals surface area (Å²) in [5.41, 5.74) is -0.522. The number of aliphatic hydroxyl groups is 3. The molecule has 0 bridgehead atoms. The molecule has 0 radical (unpaired) electrons. The van der Waals surface area contributed by atoms with E-state index in [9.17, 15) is 25.2 Å². The third-order valence-electron chi connectivity index (χ3n) is 13.2. The van der Waals surface area contributed by atoms with Crippen molar-refractivity contribution in [1.82, 2.24) is 0 Å². The standard InChI is InChI=1S/C30H48O5/c1-25(2)13-14-30(24(34)35)19(15-25)18-7-8-21-26(3)11-10-22(32)27(4,17-31)20(26)9-12-28(21,5)29(18,6)16-23(30)33/h7,19-23,31-33H,8-17H2,1-6H3,(H,34,35)/t19-,20+,21+,22-,23+,26-,27-,28+,29+,30+/m1/s1. The van der Waals surface area contributed by atoms with E-state index in [2.05, 4.69) is 47.6 Å². The zero-order valence-electron chi connectivity index (χ0n) is 22.7. The fraction of sp³-hybridized carbons (Fsp3) is 0.900. The van der Waals surface area contributed by atoms with Crippen molar-refractivity contribution >= 4 is 5.97 Å². The Bertz CT molecular complexity index is 941.